The minimum absolute atomic E-state index is 0.0972. The van der Waals surface area contributed by atoms with Crippen LogP contribution >= 0.6 is 0 Å². The molecule has 0 spiro atoms. The molecule has 2 heterocycles. The summed E-state index contributed by atoms with van der Waals surface area (Å²) in [7, 11) is 3.06. The number of ether oxygens (including phenoxy) is 2. The van der Waals surface area contributed by atoms with E-state index in [1.54, 1.807) is 23.1 Å². The molecule has 0 saturated carbocycles. The number of piperidine rings is 1. The summed E-state index contributed by atoms with van der Waals surface area (Å²) in [5.41, 5.74) is 0.478. The van der Waals surface area contributed by atoms with Gasteiger partial charge in [-0.2, -0.15) is 0 Å². The lowest BCUT2D eigenvalue weighted by molar-refractivity contribution is -0.150. The minimum Gasteiger partial charge on any atom is -0.497 e. The maximum Gasteiger partial charge on any atom is 0.326 e. The van der Waals surface area contributed by atoms with E-state index in [4.69, 9.17) is 9.47 Å². The molecule has 1 N–H and O–H groups in total. The second-order valence-corrected chi connectivity index (χ2v) is 7.20. The Morgan fingerprint density at radius 3 is 2.11 bits per heavy atom. The number of amides is 2. The van der Waals surface area contributed by atoms with Crippen molar-refractivity contribution in [3.63, 3.8) is 0 Å². The highest BCUT2D eigenvalue weighted by atomic mass is 16.5. The van der Waals surface area contributed by atoms with Crippen molar-refractivity contribution >= 4 is 17.8 Å². The average molecular weight is 390 g/mol. The van der Waals surface area contributed by atoms with Gasteiger partial charge >= 0.3 is 5.97 Å². The quantitative estimate of drug-likeness (QED) is 0.821. The van der Waals surface area contributed by atoms with E-state index in [0.29, 0.717) is 56.0 Å². The second kappa shape index (κ2) is 8.50. The molecule has 0 unspecified atom stereocenters. The van der Waals surface area contributed by atoms with Gasteiger partial charge in [-0.3, -0.25) is 9.59 Å². The molecule has 2 saturated heterocycles. The molecule has 0 aliphatic carbocycles. The van der Waals surface area contributed by atoms with Gasteiger partial charge in [0.05, 0.1) is 14.2 Å². The lowest BCUT2D eigenvalue weighted by atomic mass is 9.94. The van der Waals surface area contributed by atoms with Gasteiger partial charge in [0.25, 0.3) is 5.91 Å². The van der Waals surface area contributed by atoms with Crippen molar-refractivity contribution in [2.75, 3.05) is 33.9 Å². The van der Waals surface area contributed by atoms with Crippen LogP contribution in [0.5, 0.6) is 11.5 Å². The Morgan fingerprint density at radius 2 is 1.57 bits per heavy atom. The molecule has 3 rings (SSSR count). The first-order valence-corrected chi connectivity index (χ1v) is 9.50. The maximum atomic E-state index is 12.9. The Bertz CT molecular complexity index is 735. The number of carbonyl (C=O) groups is 3. The minimum atomic E-state index is -0.939. The summed E-state index contributed by atoms with van der Waals surface area (Å²) in [4.78, 5) is 40.2. The van der Waals surface area contributed by atoms with Crippen LogP contribution in [0.2, 0.25) is 0 Å². The Balaban J connectivity index is 1.63. The fraction of sp³-hybridized carbons (Fsp3) is 0.550. The molecule has 1 atom stereocenters. The first kappa shape index (κ1) is 20.0. The van der Waals surface area contributed by atoms with E-state index in [1.807, 2.05) is 0 Å². The summed E-state index contributed by atoms with van der Waals surface area (Å²) >= 11 is 0. The molecule has 1 aromatic carbocycles. The van der Waals surface area contributed by atoms with Gasteiger partial charge in [0.15, 0.2) is 0 Å². The van der Waals surface area contributed by atoms with Crippen LogP contribution in [0.4, 0.5) is 0 Å². The molecule has 2 aliphatic heterocycles. The molecule has 8 nitrogen and oxygen atoms in total. The van der Waals surface area contributed by atoms with Gasteiger partial charge < -0.3 is 24.4 Å². The Labute approximate surface area is 164 Å². The van der Waals surface area contributed by atoms with Crippen LogP contribution in [0.25, 0.3) is 0 Å². The summed E-state index contributed by atoms with van der Waals surface area (Å²) in [6.45, 7) is 1.42. The Hall–Kier alpha value is -2.77. The highest BCUT2D eigenvalue weighted by molar-refractivity contribution is 5.95. The molecule has 2 amide bonds. The van der Waals surface area contributed by atoms with E-state index in [9.17, 15) is 19.5 Å². The number of carboxylic acid groups (broad SMARTS) is 1. The van der Waals surface area contributed by atoms with Gasteiger partial charge in [0, 0.05) is 37.2 Å². The lowest BCUT2D eigenvalue weighted by Crippen LogP contribution is -2.47. The number of benzene rings is 1. The fourth-order valence-corrected chi connectivity index (χ4v) is 3.96. The normalized spacial score (nSPS) is 20.1. The molecule has 0 bridgehead atoms. The summed E-state index contributed by atoms with van der Waals surface area (Å²) in [5.74, 6) is -0.315. The van der Waals surface area contributed by atoms with Crippen molar-refractivity contribution in [1.29, 1.82) is 0 Å². The van der Waals surface area contributed by atoms with E-state index in [0.717, 1.165) is 6.42 Å². The molecular formula is C20H26N2O6. The van der Waals surface area contributed by atoms with Crippen molar-refractivity contribution in [3.05, 3.63) is 23.8 Å². The molecule has 0 aromatic heterocycles. The number of hydrogen-bond donors (Lipinski definition) is 1. The number of carboxylic acids is 1. The van der Waals surface area contributed by atoms with E-state index >= 15 is 0 Å². The topological polar surface area (TPSA) is 96.4 Å². The first-order chi connectivity index (χ1) is 13.4. The number of carbonyl (C=O) groups excluding carboxylic acids is 2. The standard InChI is InChI=1S/C20H26N2O6/c1-27-15-10-14(11-16(12-15)28-2)18(23)21-8-5-13(6-9-21)19(24)22-7-3-4-17(22)20(25)26/h10-13,17H,3-9H2,1-2H3,(H,25,26)/t17-/m1/s1. The number of nitrogens with zero attached hydrogens (tertiary/aromatic N) is 2. The monoisotopic (exact) mass is 390 g/mol. The third-order valence-corrected chi connectivity index (χ3v) is 5.55. The third kappa shape index (κ3) is 4.05. The smallest absolute Gasteiger partial charge is 0.326 e. The molecule has 8 heteroatoms. The summed E-state index contributed by atoms with van der Waals surface area (Å²) < 4.78 is 10.4. The fourth-order valence-electron chi connectivity index (χ4n) is 3.96. The number of aliphatic carboxylic acids is 1. The molecule has 1 aromatic rings. The average Bonchev–Trinajstić information content (AvgIpc) is 3.22. The number of likely N-dealkylation sites (tertiary alicyclic amines) is 2. The largest absolute Gasteiger partial charge is 0.497 e. The Kier molecular flexibility index (Phi) is 6.06. The molecule has 2 aliphatic rings. The molecule has 2 fully saturated rings. The lowest BCUT2D eigenvalue weighted by Gasteiger charge is -2.34. The van der Waals surface area contributed by atoms with Gasteiger partial charge in [-0.15, -0.1) is 0 Å². The summed E-state index contributed by atoms with van der Waals surface area (Å²) in [6, 6.07) is 4.33. The zero-order valence-electron chi connectivity index (χ0n) is 16.2. The van der Waals surface area contributed by atoms with Crippen molar-refractivity contribution in [2.24, 2.45) is 5.92 Å². The van der Waals surface area contributed by atoms with Gasteiger partial charge in [-0.25, -0.2) is 4.79 Å². The van der Waals surface area contributed by atoms with Crippen LogP contribution in [0.15, 0.2) is 18.2 Å². The van der Waals surface area contributed by atoms with Crippen LogP contribution in [-0.4, -0.2) is 72.6 Å². The van der Waals surface area contributed by atoms with Crippen molar-refractivity contribution < 1.29 is 29.0 Å². The van der Waals surface area contributed by atoms with Gasteiger partial charge in [-0.05, 0) is 37.8 Å². The van der Waals surface area contributed by atoms with E-state index in [-0.39, 0.29) is 17.7 Å². The van der Waals surface area contributed by atoms with Gasteiger partial charge in [0.2, 0.25) is 5.91 Å². The third-order valence-electron chi connectivity index (χ3n) is 5.55. The molecule has 28 heavy (non-hydrogen) atoms. The highest BCUT2D eigenvalue weighted by Crippen LogP contribution is 2.28. The van der Waals surface area contributed by atoms with Crippen LogP contribution in [0, 0.1) is 5.92 Å². The maximum absolute atomic E-state index is 12.9. The predicted molar refractivity (Wildman–Crippen MR) is 101 cm³/mol. The summed E-state index contributed by atoms with van der Waals surface area (Å²) in [6.07, 6.45) is 2.30. The van der Waals surface area contributed by atoms with Gasteiger partial charge in [-0.1, -0.05) is 0 Å². The first-order valence-electron chi connectivity index (χ1n) is 9.50. The van der Waals surface area contributed by atoms with Crippen molar-refractivity contribution in [1.82, 2.24) is 9.80 Å². The zero-order chi connectivity index (χ0) is 20.3. The molecule has 0 radical (unpaired) electrons. The van der Waals surface area contributed by atoms with Crippen molar-refractivity contribution in [2.45, 2.75) is 31.7 Å². The second-order valence-electron chi connectivity index (χ2n) is 7.20. The predicted octanol–water partition coefficient (Wildman–Crippen LogP) is 1.63. The zero-order valence-corrected chi connectivity index (χ0v) is 16.2. The van der Waals surface area contributed by atoms with Crippen LogP contribution in [-0.2, 0) is 9.59 Å². The number of methoxy groups -OCH3 is 2. The molecule has 152 valence electrons. The van der Waals surface area contributed by atoms with E-state index in [2.05, 4.69) is 0 Å². The van der Waals surface area contributed by atoms with E-state index in [1.165, 1.54) is 19.1 Å². The van der Waals surface area contributed by atoms with E-state index < -0.39 is 12.0 Å². The van der Waals surface area contributed by atoms with Crippen LogP contribution in [0.1, 0.15) is 36.0 Å². The molecular weight excluding hydrogens is 364 g/mol. The van der Waals surface area contributed by atoms with Crippen LogP contribution < -0.4 is 9.47 Å². The van der Waals surface area contributed by atoms with Gasteiger partial charge in [0.1, 0.15) is 17.5 Å². The number of hydrogen-bond acceptors (Lipinski definition) is 5. The Morgan fingerprint density at radius 1 is 0.964 bits per heavy atom. The SMILES string of the molecule is COc1cc(OC)cc(C(=O)N2CCC(C(=O)N3CCC[C@@H]3C(=O)O)CC2)c1. The van der Waals surface area contributed by atoms with Crippen LogP contribution in [0.3, 0.4) is 0 Å². The highest BCUT2D eigenvalue weighted by Gasteiger charge is 2.38. The van der Waals surface area contributed by atoms with Crippen molar-refractivity contribution in [3.8, 4) is 11.5 Å². The number of rotatable bonds is 5. The summed E-state index contributed by atoms with van der Waals surface area (Å²) in [5, 5.41) is 9.29.